The summed E-state index contributed by atoms with van der Waals surface area (Å²) in [5.41, 5.74) is 1.49. The number of hydrogen-bond donors (Lipinski definition) is 2. The lowest BCUT2D eigenvalue weighted by molar-refractivity contribution is 0.371. The highest BCUT2D eigenvalue weighted by molar-refractivity contribution is 5.80. The van der Waals surface area contributed by atoms with Gasteiger partial charge in [0, 0.05) is 30.6 Å². The second-order valence-corrected chi connectivity index (χ2v) is 7.08. The fourth-order valence-corrected chi connectivity index (χ4v) is 3.82. The minimum Gasteiger partial charge on any atom is -0.496 e. The van der Waals surface area contributed by atoms with Crippen molar-refractivity contribution in [1.82, 2.24) is 10.6 Å². The molecule has 2 atom stereocenters. The van der Waals surface area contributed by atoms with Gasteiger partial charge in [0.25, 0.3) is 0 Å². The first-order valence-electron chi connectivity index (χ1n) is 8.79. The van der Waals surface area contributed by atoms with Crippen LogP contribution in [0.3, 0.4) is 0 Å². The maximum absolute atomic E-state index is 5.63. The minimum absolute atomic E-state index is 0.152. The minimum atomic E-state index is 0.152. The first-order valence-corrected chi connectivity index (χ1v) is 8.79. The van der Waals surface area contributed by atoms with E-state index in [1.165, 1.54) is 37.7 Å². The monoisotopic (exact) mass is 315 g/mol. The number of guanidine groups is 1. The summed E-state index contributed by atoms with van der Waals surface area (Å²) in [6, 6.07) is 9.07. The molecule has 1 aromatic carbocycles. The van der Waals surface area contributed by atoms with Crippen LogP contribution in [0.1, 0.15) is 44.6 Å². The highest BCUT2D eigenvalue weighted by atomic mass is 16.5. The van der Waals surface area contributed by atoms with Crippen molar-refractivity contribution in [3.8, 4) is 5.75 Å². The van der Waals surface area contributed by atoms with E-state index in [-0.39, 0.29) is 5.41 Å². The van der Waals surface area contributed by atoms with E-state index in [2.05, 4.69) is 40.7 Å². The molecule has 0 radical (unpaired) electrons. The molecule has 2 aliphatic rings. The second-order valence-electron chi connectivity index (χ2n) is 7.08. The van der Waals surface area contributed by atoms with Crippen molar-refractivity contribution >= 4 is 5.96 Å². The first-order chi connectivity index (χ1) is 11.2. The second kappa shape index (κ2) is 6.81. The van der Waals surface area contributed by atoms with Crippen LogP contribution in [0.15, 0.2) is 29.3 Å². The van der Waals surface area contributed by atoms with Crippen LogP contribution in [0.4, 0.5) is 0 Å². The first kappa shape index (κ1) is 16.2. The van der Waals surface area contributed by atoms with Crippen LogP contribution in [-0.4, -0.2) is 32.7 Å². The number of ether oxygens (including phenoxy) is 1. The highest BCUT2D eigenvalue weighted by Crippen LogP contribution is 2.44. The van der Waals surface area contributed by atoms with Crippen molar-refractivity contribution in [2.75, 3.05) is 20.7 Å². The Hall–Kier alpha value is -1.71. The number of aliphatic imine (C=N–C) groups is 1. The van der Waals surface area contributed by atoms with Gasteiger partial charge >= 0.3 is 0 Å². The van der Waals surface area contributed by atoms with E-state index < -0.39 is 0 Å². The SMILES string of the molecule is CN=C(NCC1(c2ccccc2OC)CCCC1)NC1CC1C. The molecule has 0 aromatic heterocycles. The zero-order valence-corrected chi connectivity index (χ0v) is 14.6. The molecule has 126 valence electrons. The van der Waals surface area contributed by atoms with Gasteiger partial charge in [0.15, 0.2) is 5.96 Å². The van der Waals surface area contributed by atoms with Gasteiger partial charge in [0.05, 0.1) is 7.11 Å². The molecule has 1 aromatic rings. The molecule has 4 nitrogen and oxygen atoms in total. The Morgan fingerprint density at radius 1 is 1.30 bits per heavy atom. The molecule has 2 unspecified atom stereocenters. The smallest absolute Gasteiger partial charge is 0.191 e. The summed E-state index contributed by atoms with van der Waals surface area (Å²) in [7, 11) is 3.62. The maximum Gasteiger partial charge on any atom is 0.191 e. The van der Waals surface area contributed by atoms with Crippen LogP contribution in [0.5, 0.6) is 5.75 Å². The van der Waals surface area contributed by atoms with Gasteiger partial charge in [-0.05, 0) is 31.2 Å². The summed E-state index contributed by atoms with van der Waals surface area (Å²) >= 11 is 0. The zero-order chi connectivity index (χ0) is 16.3. The van der Waals surface area contributed by atoms with E-state index in [1.807, 2.05) is 13.1 Å². The maximum atomic E-state index is 5.63. The molecule has 4 heteroatoms. The summed E-state index contributed by atoms with van der Waals surface area (Å²) < 4.78 is 5.63. The molecular formula is C19H29N3O. The summed E-state index contributed by atoms with van der Waals surface area (Å²) in [6.45, 7) is 3.19. The molecule has 23 heavy (non-hydrogen) atoms. The molecule has 0 saturated heterocycles. The molecule has 0 spiro atoms. The van der Waals surface area contributed by atoms with Crippen molar-refractivity contribution in [3.63, 3.8) is 0 Å². The van der Waals surface area contributed by atoms with Crippen LogP contribution < -0.4 is 15.4 Å². The predicted octanol–water partition coefficient (Wildman–Crippen LogP) is 3.08. The lowest BCUT2D eigenvalue weighted by atomic mass is 9.78. The lowest BCUT2D eigenvalue weighted by Gasteiger charge is -2.32. The quantitative estimate of drug-likeness (QED) is 0.648. The Kier molecular flexibility index (Phi) is 4.79. The van der Waals surface area contributed by atoms with Crippen molar-refractivity contribution < 1.29 is 4.74 Å². The van der Waals surface area contributed by atoms with Gasteiger partial charge in [0.1, 0.15) is 5.75 Å². The van der Waals surface area contributed by atoms with Crippen molar-refractivity contribution in [2.45, 2.75) is 50.5 Å². The number of rotatable bonds is 5. The summed E-state index contributed by atoms with van der Waals surface area (Å²) in [5, 5.41) is 7.10. The largest absolute Gasteiger partial charge is 0.496 e. The molecule has 2 saturated carbocycles. The predicted molar refractivity (Wildman–Crippen MR) is 95.2 cm³/mol. The highest BCUT2D eigenvalue weighted by Gasteiger charge is 2.38. The Bertz CT molecular complexity index is 563. The molecule has 0 bridgehead atoms. The normalized spacial score (nSPS) is 26.0. The number of methoxy groups -OCH3 is 1. The van der Waals surface area contributed by atoms with E-state index in [0.717, 1.165) is 24.2 Å². The molecule has 2 aliphatic carbocycles. The van der Waals surface area contributed by atoms with Gasteiger partial charge in [-0.3, -0.25) is 4.99 Å². The van der Waals surface area contributed by atoms with E-state index >= 15 is 0 Å². The standard InChI is InChI=1S/C19H29N3O/c1-14-12-16(14)22-18(20-2)21-13-19(10-6-7-11-19)15-8-4-5-9-17(15)23-3/h4-5,8-9,14,16H,6-7,10-13H2,1-3H3,(H2,20,21,22). The fraction of sp³-hybridized carbons (Fsp3) is 0.632. The summed E-state index contributed by atoms with van der Waals surface area (Å²) in [4.78, 5) is 4.39. The van der Waals surface area contributed by atoms with Crippen LogP contribution in [-0.2, 0) is 5.41 Å². The third-order valence-electron chi connectivity index (χ3n) is 5.49. The molecular weight excluding hydrogens is 286 g/mol. The van der Waals surface area contributed by atoms with Crippen molar-refractivity contribution in [1.29, 1.82) is 0 Å². The Balaban J connectivity index is 1.73. The zero-order valence-electron chi connectivity index (χ0n) is 14.6. The van der Waals surface area contributed by atoms with Crippen LogP contribution in [0.2, 0.25) is 0 Å². The molecule has 0 amide bonds. The lowest BCUT2D eigenvalue weighted by Crippen LogP contribution is -2.45. The molecule has 0 aliphatic heterocycles. The van der Waals surface area contributed by atoms with Gasteiger partial charge in [-0.1, -0.05) is 38.0 Å². The summed E-state index contributed by atoms with van der Waals surface area (Å²) in [6.07, 6.45) is 6.23. The number of hydrogen-bond acceptors (Lipinski definition) is 2. The Morgan fingerprint density at radius 2 is 2.00 bits per heavy atom. The fourth-order valence-electron chi connectivity index (χ4n) is 3.82. The van der Waals surface area contributed by atoms with Crippen LogP contribution in [0.25, 0.3) is 0 Å². The van der Waals surface area contributed by atoms with Crippen molar-refractivity contribution in [3.05, 3.63) is 29.8 Å². The molecule has 0 heterocycles. The number of nitrogens with one attached hydrogen (secondary N) is 2. The number of nitrogens with zero attached hydrogens (tertiary/aromatic N) is 1. The van der Waals surface area contributed by atoms with Gasteiger partial charge in [0.2, 0.25) is 0 Å². The average molecular weight is 315 g/mol. The molecule has 3 rings (SSSR count). The van der Waals surface area contributed by atoms with E-state index in [9.17, 15) is 0 Å². The average Bonchev–Trinajstić information content (AvgIpc) is 3.08. The molecule has 2 fully saturated rings. The van der Waals surface area contributed by atoms with Crippen molar-refractivity contribution in [2.24, 2.45) is 10.9 Å². The number of benzene rings is 1. The summed E-state index contributed by atoms with van der Waals surface area (Å²) in [5.74, 6) is 2.71. The van der Waals surface area contributed by atoms with Crippen LogP contribution >= 0.6 is 0 Å². The van der Waals surface area contributed by atoms with Gasteiger partial charge in [-0.2, -0.15) is 0 Å². The van der Waals surface area contributed by atoms with Crippen LogP contribution in [0, 0.1) is 5.92 Å². The van der Waals surface area contributed by atoms with E-state index in [4.69, 9.17) is 4.74 Å². The Labute approximate surface area is 139 Å². The third-order valence-corrected chi connectivity index (χ3v) is 5.49. The topological polar surface area (TPSA) is 45.7 Å². The molecule has 2 N–H and O–H groups in total. The number of para-hydroxylation sites is 1. The van der Waals surface area contributed by atoms with Gasteiger partial charge < -0.3 is 15.4 Å². The Morgan fingerprint density at radius 3 is 2.61 bits per heavy atom. The van der Waals surface area contributed by atoms with E-state index in [1.54, 1.807) is 7.11 Å². The van der Waals surface area contributed by atoms with Gasteiger partial charge in [-0.15, -0.1) is 0 Å². The van der Waals surface area contributed by atoms with Gasteiger partial charge in [-0.25, -0.2) is 0 Å². The third kappa shape index (κ3) is 3.46. The van der Waals surface area contributed by atoms with E-state index in [0.29, 0.717) is 6.04 Å².